The number of fused-ring (bicyclic) bond motifs is 1. The summed E-state index contributed by atoms with van der Waals surface area (Å²) >= 11 is 0. The summed E-state index contributed by atoms with van der Waals surface area (Å²) < 4.78 is 0. The minimum Gasteiger partial charge on any atom is -0.477 e. The molecule has 0 aromatic carbocycles. The van der Waals surface area contributed by atoms with Crippen molar-refractivity contribution in [3.63, 3.8) is 0 Å². The zero-order valence-electron chi connectivity index (χ0n) is 9.29. The number of hydrogen-bond donors (Lipinski definition) is 2. The first kappa shape index (κ1) is 10.5. The zero-order valence-corrected chi connectivity index (χ0v) is 9.29. The summed E-state index contributed by atoms with van der Waals surface area (Å²) in [7, 11) is 0. The van der Waals surface area contributed by atoms with Gasteiger partial charge in [-0.3, -0.25) is 0 Å². The average molecular weight is 239 g/mol. The number of H-pyrrole nitrogens is 1. The third-order valence-electron chi connectivity index (χ3n) is 2.71. The average Bonchev–Trinajstić information content (AvgIpc) is 2.86. The maximum atomic E-state index is 10.9. The predicted molar refractivity (Wildman–Crippen MR) is 66.3 cm³/mol. The number of pyridine rings is 2. The Morgan fingerprint density at radius 2 is 2.06 bits per heavy atom. The smallest absolute Gasteiger partial charge is 0.354 e. The number of aromatic amines is 1. The Kier molecular flexibility index (Phi) is 2.30. The van der Waals surface area contributed by atoms with Gasteiger partial charge in [0.2, 0.25) is 0 Å². The van der Waals surface area contributed by atoms with E-state index in [0.29, 0.717) is 0 Å². The van der Waals surface area contributed by atoms with Gasteiger partial charge in [0.1, 0.15) is 11.3 Å². The van der Waals surface area contributed by atoms with Crippen molar-refractivity contribution in [3.8, 4) is 11.1 Å². The fraction of sp³-hybridized carbons (Fsp3) is 0. The van der Waals surface area contributed by atoms with Crippen molar-refractivity contribution < 1.29 is 9.90 Å². The molecule has 0 fully saturated rings. The molecule has 0 unspecified atom stereocenters. The molecule has 0 aliphatic carbocycles. The highest BCUT2D eigenvalue weighted by molar-refractivity contribution is 5.88. The molecule has 0 bridgehead atoms. The maximum Gasteiger partial charge on any atom is 0.354 e. The van der Waals surface area contributed by atoms with Crippen LogP contribution in [0.15, 0.2) is 42.9 Å². The minimum atomic E-state index is -1.03. The van der Waals surface area contributed by atoms with Crippen LogP contribution in [0.25, 0.3) is 22.2 Å². The summed E-state index contributed by atoms with van der Waals surface area (Å²) in [4.78, 5) is 21.9. The van der Waals surface area contributed by atoms with Gasteiger partial charge in [-0.2, -0.15) is 0 Å². The molecule has 0 aliphatic rings. The van der Waals surface area contributed by atoms with Gasteiger partial charge in [0, 0.05) is 29.5 Å². The molecule has 18 heavy (non-hydrogen) atoms. The van der Waals surface area contributed by atoms with E-state index in [-0.39, 0.29) is 5.69 Å². The van der Waals surface area contributed by atoms with E-state index in [4.69, 9.17) is 5.11 Å². The second-order valence-electron chi connectivity index (χ2n) is 3.87. The van der Waals surface area contributed by atoms with Crippen molar-refractivity contribution in [3.05, 3.63) is 48.5 Å². The third-order valence-corrected chi connectivity index (χ3v) is 2.71. The lowest BCUT2D eigenvalue weighted by molar-refractivity contribution is 0.0690. The number of aromatic nitrogens is 3. The van der Waals surface area contributed by atoms with Crippen LogP contribution >= 0.6 is 0 Å². The van der Waals surface area contributed by atoms with E-state index < -0.39 is 5.97 Å². The molecule has 5 heteroatoms. The fourth-order valence-corrected chi connectivity index (χ4v) is 1.82. The van der Waals surface area contributed by atoms with Crippen LogP contribution < -0.4 is 0 Å². The van der Waals surface area contributed by atoms with E-state index in [0.717, 1.165) is 22.2 Å². The summed E-state index contributed by atoms with van der Waals surface area (Å²) in [5, 5.41) is 9.90. The Hall–Kier alpha value is -2.69. The molecular formula is C13H9N3O2. The number of nitrogens with zero attached hydrogens (tertiary/aromatic N) is 2. The van der Waals surface area contributed by atoms with Gasteiger partial charge in [0.15, 0.2) is 0 Å². The number of carbonyl (C=O) groups is 1. The second-order valence-corrected chi connectivity index (χ2v) is 3.87. The molecule has 3 heterocycles. The molecule has 0 spiro atoms. The molecule has 88 valence electrons. The van der Waals surface area contributed by atoms with Crippen molar-refractivity contribution in [2.75, 3.05) is 0 Å². The van der Waals surface area contributed by atoms with Crippen molar-refractivity contribution in [2.45, 2.75) is 0 Å². The Labute approximate surface area is 102 Å². The van der Waals surface area contributed by atoms with Crippen molar-refractivity contribution >= 4 is 17.0 Å². The summed E-state index contributed by atoms with van der Waals surface area (Å²) in [6.07, 6.45) is 5.01. The van der Waals surface area contributed by atoms with Gasteiger partial charge in [0.05, 0.1) is 0 Å². The van der Waals surface area contributed by atoms with Gasteiger partial charge in [-0.1, -0.05) is 0 Å². The van der Waals surface area contributed by atoms with E-state index >= 15 is 0 Å². The third kappa shape index (κ3) is 1.71. The molecule has 0 saturated carbocycles. The number of carboxylic acid groups (broad SMARTS) is 1. The van der Waals surface area contributed by atoms with Crippen LogP contribution in [0.5, 0.6) is 0 Å². The molecule has 3 rings (SSSR count). The van der Waals surface area contributed by atoms with Crippen molar-refractivity contribution in [2.24, 2.45) is 0 Å². The Morgan fingerprint density at radius 1 is 1.17 bits per heavy atom. The maximum absolute atomic E-state index is 10.9. The normalized spacial score (nSPS) is 10.7. The molecule has 3 aromatic heterocycles. The summed E-state index contributed by atoms with van der Waals surface area (Å²) in [5.41, 5.74) is 2.50. The Bertz CT molecular complexity index is 734. The number of rotatable bonds is 2. The van der Waals surface area contributed by atoms with Gasteiger partial charge < -0.3 is 10.1 Å². The van der Waals surface area contributed by atoms with Crippen molar-refractivity contribution in [1.82, 2.24) is 15.0 Å². The van der Waals surface area contributed by atoms with E-state index in [1.165, 1.54) is 12.3 Å². The Morgan fingerprint density at radius 3 is 2.89 bits per heavy atom. The SMILES string of the molecule is O=C(O)c1cc(-c2cnc3[nH]ccc3c2)ccn1. The lowest BCUT2D eigenvalue weighted by Gasteiger charge is -2.02. The van der Waals surface area contributed by atoms with Gasteiger partial charge in [-0.15, -0.1) is 0 Å². The lowest BCUT2D eigenvalue weighted by atomic mass is 10.1. The predicted octanol–water partition coefficient (Wildman–Crippen LogP) is 2.32. The van der Waals surface area contributed by atoms with Crippen LogP contribution in [-0.2, 0) is 0 Å². The van der Waals surface area contributed by atoms with Crippen LogP contribution in [0.3, 0.4) is 0 Å². The first-order chi connectivity index (χ1) is 8.74. The summed E-state index contributed by atoms with van der Waals surface area (Å²) in [6.45, 7) is 0. The largest absolute Gasteiger partial charge is 0.477 e. The molecule has 0 saturated heterocycles. The van der Waals surface area contributed by atoms with E-state index in [9.17, 15) is 4.79 Å². The molecule has 3 aromatic rings. The highest BCUT2D eigenvalue weighted by atomic mass is 16.4. The second kappa shape index (κ2) is 3.96. The first-order valence-corrected chi connectivity index (χ1v) is 5.37. The fourth-order valence-electron chi connectivity index (χ4n) is 1.82. The number of nitrogens with one attached hydrogen (secondary N) is 1. The van der Waals surface area contributed by atoms with Crippen LogP contribution in [0.4, 0.5) is 0 Å². The highest BCUT2D eigenvalue weighted by Gasteiger charge is 2.07. The van der Waals surface area contributed by atoms with Crippen LogP contribution in [0.2, 0.25) is 0 Å². The molecule has 5 nitrogen and oxygen atoms in total. The monoisotopic (exact) mass is 239 g/mol. The minimum absolute atomic E-state index is 0.0293. The van der Waals surface area contributed by atoms with E-state index in [1.54, 1.807) is 12.3 Å². The van der Waals surface area contributed by atoms with Gasteiger partial charge in [0.25, 0.3) is 0 Å². The summed E-state index contributed by atoms with van der Waals surface area (Å²) in [5.74, 6) is -1.03. The van der Waals surface area contributed by atoms with Gasteiger partial charge >= 0.3 is 5.97 Å². The quantitative estimate of drug-likeness (QED) is 0.719. The molecule has 2 N–H and O–H groups in total. The Balaban J connectivity index is 2.13. The van der Waals surface area contributed by atoms with Crippen LogP contribution in [0, 0.1) is 0 Å². The molecule has 0 atom stereocenters. The van der Waals surface area contributed by atoms with Gasteiger partial charge in [-0.25, -0.2) is 14.8 Å². The van der Waals surface area contributed by atoms with Crippen LogP contribution in [-0.4, -0.2) is 26.0 Å². The van der Waals surface area contributed by atoms with Crippen molar-refractivity contribution in [1.29, 1.82) is 0 Å². The van der Waals surface area contributed by atoms with Gasteiger partial charge in [-0.05, 0) is 29.8 Å². The zero-order chi connectivity index (χ0) is 12.5. The number of carboxylic acids is 1. The van der Waals surface area contributed by atoms with Crippen LogP contribution in [0.1, 0.15) is 10.5 Å². The number of hydrogen-bond acceptors (Lipinski definition) is 3. The first-order valence-electron chi connectivity index (χ1n) is 5.37. The molecule has 0 amide bonds. The van der Waals surface area contributed by atoms with E-state index in [2.05, 4.69) is 15.0 Å². The number of aromatic carboxylic acids is 1. The van der Waals surface area contributed by atoms with E-state index in [1.807, 2.05) is 18.3 Å². The molecular weight excluding hydrogens is 230 g/mol. The standard InChI is InChI=1S/C13H9N3O2/c17-13(18)11-6-8(1-3-14-11)10-5-9-2-4-15-12(9)16-7-10/h1-7H,(H,15,16)(H,17,18). The summed E-state index contributed by atoms with van der Waals surface area (Å²) in [6, 6.07) is 7.19. The highest BCUT2D eigenvalue weighted by Crippen LogP contribution is 2.22. The lowest BCUT2D eigenvalue weighted by Crippen LogP contribution is -1.99. The topological polar surface area (TPSA) is 78.9 Å². The molecule has 0 radical (unpaired) electrons. The molecule has 0 aliphatic heterocycles.